The van der Waals surface area contributed by atoms with Crippen LogP contribution in [0.25, 0.3) is 87.6 Å². The van der Waals surface area contributed by atoms with Crippen molar-refractivity contribution in [3.8, 4) is 33.4 Å². The second-order valence-electron chi connectivity index (χ2n) is 14.5. The molecular weight excluding hydrogens is 679 g/mol. The van der Waals surface area contributed by atoms with Gasteiger partial charge >= 0.3 is 0 Å². The Labute approximate surface area is 325 Å². The second kappa shape index (κ2) is 13.2. The van der Waals surface area contributed by atoms with E-state index in [1.807, 2.05) is 0 Å². The minimum Gasteiger partial charge on any atom is -0.453 e. The maximum Gasteiger partial charge on any atom is 0.159 e. The van der Waals surface area contributed by atoms with Crippen LogP contribution in [0.15, 0.2) is 217 Å². The molecule has 0 bridgehead atoms. The van der Waals surface area contributed by atoms with Crippen LogP contribution in [0.3, 0.4) is 0 Å². The average molecular weight is 714 g/mol. The number of rotatable bonds is 6. The highest BCUT2D eigenvalue weighted by Gasteiger charge is 2.23. The number of benzene rings is 10. The highest BCUT2D eigenvalue weighted by Crippen LogP contribution is 2.47. The van der Waals surface area contributed by atoms with Crippen LogP contribution in [0, 0.1) is 0 Å². The van der Waals surface area contributed by atoms with E-state index in [1.54, 1.807) is 0 Å². The van der Waals surface area contributed by atoms with Gasteiger partial charge < -0.3 is 9.32 Å². The van der Waals surface area contributed by atoms with Crippen LogP contribution in [0.2, 0.25) is 0 Å². The average Bonchev–Trinajstić information content (AvgIpc) is 3.68. The van der Waals surface area contributed by atoms with Gasteiger partial charge in [-0.05, 0) is 96.5 Å². The first kappa shape index (κ1) is 32.0. The van der Waals surface area contributed by atoms with Crippen molar-refractivity contribution in [3.63, 3.8) is 0 Å². The van der Waals surface area contributed by atoms with Crippen LogP contribution in [-0.2, 0) is 0 Å². The predicted octanol–water partition coefficient (Wildman–Crippen LogP) is 15.5. The minimum atomic E-state index is 0.854. The van der Waals surface area contributed by atoms with Crippen molar-refractivity contribution in [3.05, 3.63) is 212 Å². The van der Waals surface area contributed by atoms with Crippen LogP contribution < -0.4 is 4.90 Å². The highest BCUT2D eigenvalue weighted by molar-refractivity contribution is 6.24. The number of nitrogens with zero attached hydrogens (tertiary/aromatic N) is 1. The molecule has 262 valence electrons. The summed E-state index contributed by atoms with van der Waals surface area (Å²) in [7, 11) is 0. The number of hydrogen-bond donors (Lipinski definition) is 0. The summed E-state index contributed by atoms with van der Waals surface area (Å²) in [4.78, 5) is 2.34. The predicted molar refractivity (Wildman–Crippen MR) is 237 cm³/mol. The number of furan rings is 1. The molecule has 10 aromatic carbocycles. The maximum atomic E-state index is 7.14. The third-order valence-electron chi connectivity index (χ3n) is 11.2. The summed E-state index contributed by atoms with van der Waals surface area (Å²) >= 11 is 0. The molecule has 56 heavy (non-hydrogen) atoms. The molecule has 0 atom stereocenters. The third-order valence-corrected chi connectivity index (χ3v) is 11.2. The zero-order chi connectivity index (χ0) is 37.0. The smallest absolute Gasteiger partial charge is 0.159 e. The van der Waals surface area contributed by atoms with Crippen LogP contribution >= 0.6 is 0 Å². The first-order valence-electron chi connectivity index (χ1n) is 19.2. The molecule has 1 heterocycles. The van der Waals surface area contributed by atoms with E-state index in [1.165, 1.54) is 54.6 Å². The lowest BCUT2D eigenvalue weighted by Gasteiger charge is -2.26. The summed E-state index contributed by atoms with van der Waals surface area (Å²) in [6, 6.07) is 76.3. The summed E-state index contributed by atoms with van der Waals surface area (Å²) < 4.78 is 7.14. The molecule has 0 saturated heterocycles. The van der Waals surface area contributed by atoms with Gasteiger partial charge in [-0.25, -0.2) is 0 Å². The van der Waals surface area contributed by atoms with Crippen molar-refractivity contribution < 1.29 is 4.42 Å². The number of hydrogen-bond acceptors (Lipinski definition) is 2. The van der Waals surface area contributed by atoms with Crippen LogP contribution in [0.1, 0.15) is 0 Å². The van der Waals surface area contributed by atoms with Crippen molar-refractivity contribution in [1.82, 2.24) is 0 Å². The fourth-order valence-electron chi connectivity index (χ4n) is 8.60. The van der Waals surface area contributed by atoms with Crippen LogP contribution in [-0.4, -0.2) is 0 Å². The topological polar surface area (TPSA) is 16.4 Å². The molecule has 1 aromatic heterocycles. The summed E-state index contributed by atoms with van der Waals surface area (Å²) in [6.07, 6.45) is 0. The van der Waals surface area contributed by atoms with E-state index in [4.69, 9.17) is 4.42 Å². The maximum absolute atomic E-state index is 7.14. The molecule has 2 heteroatoms. The lowest BCUT2D eigenvalue weighted by atomic mass is 9.96. The first-order chi connectivity index (χ1) is 27.8. The fourth-order valence-corrected chi connectivity index (χ4v) is 8.60. The Morgan fingerprint density at radius 3 is 1.38 bits per heavy atom. The Balaban J connectivity index is 1.12. The molecule has 0 aliphatic rings. The molecule has 2 nitrogen and oxygen atoms in total. The fraction of sp³-hybridized carbons (Fsp3) is 0. The summed E-state index contributed by atoms with van der Waals surface area (Å²) in [6.45, 7) is 0. The third kappa shape index (κ3) is 5.26. The van der Waals surface area contributed by atoms with Gasteiger partial charge in [-0.3, -0.25) is 0 Å². The van der Waals surface area contributed by atoms with Gasteiger partial charge in [0.1, 0.15) is 5.58 Å². The molecule has 0 N–H and O–H groups in total. The standard InChI is InChI=1S/C54H35NO/c1-2-13-38(14-3-1)50-35-41-17-6-9-22-48(41)52-49-25-12-26-51(53(49)56-54(50)52)55(42-31-27-39(28-32-42)46-23-10-18-36-15-4-7-20-44(36)46)43-33-29-40(30-34-43)47-24-11-19-37-16-5-8-21-45(37)47/h1-35H. The molecule has 0 spiro atoms. The second-order valence-corrected chi connectivity index (χ2v) is 14.5. The first-order valence-corrected chi connectivity index (χ1v) is 19.2. The highest BCUT2D eigenvalue weighted by atomic mass is 16.3. The zero-order valence-electron chi connectivity index (χ0n) is 30.6. The monoisotopic (exact) mass is 713 g/mol. The van der Waals surface area contributed by atoms with Gasteiger partial charge in [0.05, 0.1) is 5.69 Å². The largest absolute Gasteiger partial charge is 0.453 e. The van der Waals surface area contributed by atoms with Crippen LogP contribution in [0.5, 0.6) is 0 Å². The summed E-state index contributed by atoms with van der Waals surface area (Å²) in [5, 5.41) is 9.57. The molecule has 0 fully saturated rings. The summed E-state index contributed by atoms with van der Waals surface area (Å²) in [5.74, 6) is 0. The Hall–Kier alpha value is -7.42. The Bertz CT molecular complexity index is 3100. The van der Waals surface area contributed by atoms with Gasteiger partial charge in [0, 0.05) is 27.7 Å². The van der Waals surface area contributed by atoms with E-state index in [-0.39, 0.29) is 0 Å². The Kier molecular flexibility index (Phi) is 7.53. The lowest BCUT2D eigenvalue weighted by molar-refractivity contribution is 0.670. The summed E-state index contributed by atoms with van der Waals surface area (Å²) in [5.41, 5.74) is 11.9. The van der Waals surface area contributed by atoms with Crippen molar-refractivity contribution >= 4 is 71.3 Å². The molecular formula is C54H35NO. The van der Waals surface area contributed by atoms with Gasteiger partial charge in [0.15, 0.2) is 5.58 Å². The van der Waals surface area contributed by atoms with Gasteiger partial charge in [0.2, 0.25) is 0 Å². The van der Waals surface area contributed by atoms with E-state index in [9.17, 15) is 0 Å². The van der Waals surface area contributed by atoms with Gasteiger partial charge in [-0.1, -0.05) is 176 Å². The minimum absolute atomic E-state index is 0.854. The number of anilines is 3. The molecule has 0 aliphatic carbocycles. The van der Waals surface area contributed by atoms with Gasteiger partial charge in [-0.15, -0.1) is 0 Å². The number of para-hydroxylation sites is 1. The van der Waals surface area contributed by atoms with Gasteiger partial charge in [0.25, 0.3) is 0 Å². The molecule has 0 radical (unpaired) electrons. The molecule has 11 rings (SSSR count). The SMILES string of the molecule is c1ccc(-c2cc3ccccc3c3c2oc2c(N(c4ccc(-c5cccc6ccccc56)cc4)c4ccc(-c5cccc6ccccc56)cc4)cccc23)cc1. The Morgan fingerprint density at radius 2 is 0.768 bits per heavy atom. The van der Waals surface area contributed by atoms with Crippen molar-refractivity contribution in [2.45, 2.75) is 0 Å². The lowest BCUT2D eigenvalue weighted by Crippen LogP contribution is -2.10. The van der Waals surface area contributed by atoms with Crippen molar-refractivity contribution in [2.75, 3.05) is 4.90 Å². The van der Waals surface area contributed by atoms with E-state index < -0.39 is 0 Å². The van der Waals surface area contributed by atoms with Gasteiger partial charge in [-0.2, -0.15) is 0 Å². The van der Waals surface area contributed by atoms with E-state index in [0.717, 1.165) is 50.1 Å². The van der Waals surface area contributed by atoms with E-state index in [0.29, 0.717) is 0 Å². The zero-order valence-corrected chi connectivity index (χ0v) is 30.6. The Morgan fingerprint density at radius 1 is 0.304 bits per heavy atom. The van der Waals surface area contributed by atoms with E-state index in [2.05, 4.69) is 217 Å². The van der Waals surface area contributed by atoms with E-state index >= 15 is 0 Å². The quantitative estimate of drug-likeness (QED) is 0.171. The van der Waals surface area contributed by atoms with Crippen molar-refractivity contribution in [1.29, 1.82) is 0 Å². The number of fused-ring (bicyclic) bond motifs is 7. The molecule has 0 amide bonds. The van der Waals surface area contributed by atoms with Crippen LogP contribution in [0.4, 0.5) is 17.1 Å². The van der Waals surface area contributed by atoms with Crippen molar-refractivity contribution in [2.24, 2.45) is 0 Å². The molecule has 11 aromatic rings. The molecule has 0 unspecified atom stereocenters. The normalized spacial score (nSPS) is 11.6. The molecule has 0 saturated carbocycles. The molecule has 0 aliphatic heterocycles.